The average Bonchev–Trinajstić information content (AvgIpc) is 2.96. The number of rotatable bonds is 3. The molecule has 2 aromatic carbocycles. The number of carbonyl (C=O) groups excluding carboxylic acids is 2. The van der Waals surface area contributed by atoms with Gasteiger partial charge in [-0.15, -0.1) is 0 Å². The first kappa shape index (κ1) is 17.1. The van der Waals surface area contributed by atoms with E-state index in [0.29, 0.717) is 29.9 Å². The van der Waals surface area contributed by atoms with Gasteiger partial charge in [-0.25, -0.2) is 4.79 Å². The van der Waals surface area contributed by atoms with Crippen molar-refractivity contribution in [2.24, 2.45) is 0 Å². The van der Waals surface area contributed by atoms with Crippen molar-refractivity contribution in [2.45, 2.75) is 26.4 Å². The summed E-state index contributed by atoms with van der Waals surface area (Å²) in [5.41, 5.74) is 3.89. The monoisotopic (exact) mass is 365 g/mol. The molecule has 2 amide bonds. The fourth-order valence-electron chi connectivity index (χ4n) is 3.41. The molecular weight excluding hydrogens is 346 g/mol. The summed E-state index contributed by atoms with van der Waals surface area (Å²) in [6.45, 7) is 2.68. The van der Waals surface area contributed by atoms with Crippen LogP contribution in [0, 0.1) is 0 Å². The molecule has 0 saturated heterocycles. The van der Waals surface area contributed by atoms with Crippen LogP contribution in [0.5, 0.6) is 0 Å². The smallest absolute Gasteiger partial charge is 0.408 e. The second kappa shape index (κ2) is 6.75. The lowest BCUT2D eigenvalue weighted by atomic mass is 9.99. The number of nitrogens with one attached hydrogen (secondary N) is 1. The third-order valence-corrected chi connectivity index (χ3v) is 4.82. The maximum Gasteiger partial charge on any atom is 0.420 e. The summed E-state index contributed by atoms with van der Waals surface area (Å²) in [6, 6.07) is 12.7. The van der Waals surface area contributed by atoms with Crippen LogP contribution in [0.25, 0.3) is 11.1 Å². The first-order chi connectivity index (χ1) is 13.0. The third-order valence-electron chi connectivity index (χ3n) is 4.82. The van der Waals surface area contributed by atoms with Crippen LogP contribution in [-0.2, 0) is 29.1 Å². The zero-order chi connectivity index (χ0) is 19.0. The average molecular weight is 365 g/mol. The highest BCUT2D eigenvalue weighted by Gasteiger charge is 2.19. The van der Waals surface area contributed by atoms with Crippen LogP contribution in [0.3, 0.4) is 0 Å². The number of para-hydroxylation sites is 2. The van der Waals surface area contributed by atoms with Crippen LogP contribution < -0.4 is 11.1 Å². The van der Waals surface area contributed by atoms with E-state index < -0.39 is 5.76 Å². The molecule has 0 unspecified atom stereocenters. The summed E-state index contributed by atoms with van der Waals surface area (Å²) in [6.07, 6.45) is 0.805. The summed E-state index contributed by atoms with van der Waals surface area (Å²) in [5.74, 6) is -0.835. The van der Waals surface area contributed by atoms with E-state index >= 15 is 0 Å². The minimum Gasteiger partial charge on any atom is -0.408 e. The maximum absolute atomic E-state index is 12.4. The van der Waals surface area contributed by atoms with E-state index in [2.05, 4.69) is 5.32 Å². The number of fused-ring (bicyclic) bond motifs is 2. The molecule has 138 valence electrons. The number of benzene rings is 2. The van der Waals surface area contributed by atoms with E-state index in [-0.39, 0.29) is 18.4 Å². The SMILES string of the molecule is CC(=O)N1CCc2ccc(NC(=O)Cn3c(=O)oc4ccccc43)cc2C1. The van der Waals surface area contributed by atoms with E-state index in [1.807, 2.05) is 18.2 Å². The topological polar surface area (TPSA) is 84.5 Å². The Morgan fingerprint density at radius 2 is 1.96 bits per heavy atom. The van der Waals surface area contributed by atoms with Crippen molar-refractivity contribution in [3.8, 4) is 0 Å². The summed E-state index contributed by atoms with van der Waals surface area (Å²) in [5, 5.41) is 2.82. The van der Waals surface area contributed by atoms with Gasteiger partial charge in [0.2, 0.25) is 11.8 Å². The van der Waals surface area contributed by atoms with Crippen LogP contribution in [0.15, 0.2) is 51.7 Å². The van der Waals surface area contributed by atoms with Gasteiger partial charge in [0, 0.05) is 25.7 Å². The highest BCUT2D eigenvalue weighted by Crippen LogP contribution is 2.23. The minimum absolute atomic E-state index is 0.0429. The zero-order valence-corrected chi connectivity index (χ0v) is 14.9. The van der Waals surface area contributed by atoms with Crippen LogP contribution in [0.2, 0.25) is 0 Å². The molecule has 0 saturated carbocycles. The quantitative estimate of drug-likeness (QED) is 0.771. The Balaban J connectivity index is 1.52. The molecule has 7 heteroatoms. The molecule has 1 aromatic heterocycles. The normalized spacial score (nSPS) is 13.4. The lowest BCUT2D eigenvalue weighted by Gasteiger charge is -2.28. The van der Waals surface area contributed by atoms with Crippen molar-refractivity contribution in [1.29, 1.82) is 0 Å². The van der Waals surface area contributed by atoms with Gasteiger partial charge in [-0.1, -0.05) is 18.2 Å². The Bertz CT molecular complexity index is 1100. The Morgan fingerprint density at radius 3 is 2.78 bits per heavy atom. The third kappa shape index (κ3) is 3.36. The molecule has 2 heterocycles. The zero-order valence-electron chi connectivity index (χ0n) is 14.9. The van der Waals surface area contributed by atoms with Crippen molar-refractivity contribution >= 4 is 28.6 Å². The lowest BCUT2D eigenvalue weighted by Crippen LogP contribution is -2.34. The van der Waals surface area contributed by atoms with Gasteiger partial charge < -0.3 is 14.6 Å². The summed E-state index contributed by atoms with van der Waals surface area (Å²) in [7, 11) is 0. The molecule has 0 fully saturated rings. The van der Waals surface area contributed by atoms with Gasteiger partial charge in [-0.3, -0.25) is 14.2 Å². The number of hydrogen-bond donors (Lipinski definition) is 1. The largest absolute Gasteiger partial charge is 0.420 e. The van der Waals surface area contributed by atoms with Gasteiger partial charge in [0.1, 0.15) is 6.54 Å². The first-order valence-electron chi connectivity index (χ1n) is 8.77. The number of anilines is 1. The lowest BCUT2D eigenvalue weighted by molar-refractivity contribution is -0.129. The molecule has 4 rings (SSSR count). The number of carbonyl (C=O) groups is 2. The van der Waals surface area contributed by atoms with E-state index in [9.17, 15) is 14.4 Å². The van der Waals surface area contributed by atoms with Crippen molar-refractivity contribution in [2.75, 3.05) is 11.9 Å². The summed E-state index contributed by atoms with van der Waals surface area (Å²) in [4.78, 5) is 37.8. The highest BCUT2D eigenvalue weighted by molar-refractivity contribution is 5.91. The van der Waals surface area contributed by atoms with Crippen molar-refractivity contribution in [1.82, 2.24) is 9.47 Å². The molecule has 0 spiro atoms. The van der Waals surface area contributed by atoms with Crippen LogP contribution in [-0.4, -0.2) is 27.8 Å². The van der Waals surface area contributed by atoms with Gasteiger partial charge in [0.15, 0.2) is 5.58 Å². The Hall–Kier alpha value is -3.35. The van der Waals surface area contributed by atoms with Crippen LogP contribution in [0.4, 0.5) is 5.69 Å². The van der Waals surface area contributed by atoms with E-state index in [1.54, 1.807) is 36.1 Å². The van der Waals surface area contributed by atoms with Gasteiger partial charge in [-0.05, 0) is 41.8 Å². The molecule has 0 radical (unpaired) electrons. The molecule has 0 atom stereocenters. The predicted molar refractivity (Wildman–Crippen MR) is 100 cm³/mol. The molecule has 27 heavy (non-hydrogen) atoms. The number of aromatic nitrogens is 1. The fourth-order valence-corrected chi connectivity index (χ4v) is 3.41. The summed E-state index contributed by atoms with van der Waals surface area (Å²) >= 11 is 0. The van der Waals surface area contributed by atoms with Crippen molar-refractivity contribution in [3.05, 3.63) is 64.1 Å². The maximum atomic E-state index is 12.4. The number of hydrogen-bond acceptors (Lipinski definition) is 4. The fraction of sp³-hybridized carbons (Fsp3) is 0.250. The molecular formula is C20H19N3O4. The van der Waals surface area contributed by atoms with Crippen molar-refractivity contribution < 1.29 is 14.0 Å². The second-order valence-corrected chi connectivity index (χ2v) is 6.64. The predicted octanol–water partition coefficient (Wildman–Crippen LogP) is 2.14. The number of amides is 2. The van der Waals surface area contributed by atoms with Gasteiger partial charge in [0.25, 0.3) is 0 Å². The van der Waals surface area contributed by atoms with Gasteiger partial charge in [0.05, 0.1) is 5.52 Å². The molecule has 1 N–H and O–H groups in total. The highest BCUT2D eigenvalue weighted by atomic mass is 16.4. The van der Waals surface area contributed by atoms with Crippen LogP contribution in [0.1, 0.15) is 18.1 Å². The molecule has 0 bridgehead atoms. The van der Waals surface area contributed by atoms with Gasteiger partial charge in [-0.2, -0.15) is 0 Å². The Kier molecular flexibility index (Phi) is 4.27. The molecule has 1 aliphatic rings. The number of oxazole rings is 1. The van der Waals surface area contributed by atoms with E-state index in [4.69, 9.17) is 4.42 Å². The second-order valence-electron chi connectivity index (χ2n) is 6.64. The molecule has 1 aliphatic heterocycles. The Morgan fingerprint density at radius 1 is 1.15 bits per heavy atom. The van der Waals surface area contributed by atoms with E-state index in [1.165, 1.54) is 10.1 Å². The Labute approximate surface area is 155 Å². The molecule has 0 aliphatic carbocycles. The van der Waals surface area contributed by atoms with Crippen molar-refractivity contribution in [3.63, 3.8) is 0 Å². The molecule has 7 nitrogen and oxygen atoms in total. The van der Waals surface area contributed by atoms with Crippen LogP contribution >= 0.6 is 0 Å². The number of nitrogens with zero attached hydrogens (tertiary/aromatic N) is 2. The molecule has 3 aromatic rings. The minimum atomic E-state index is -0.561. The van der Waals surface area contributed by atoms with Gasteiger partial charge >= 0.3 is 5.76 Å². The first-order valence-corrected chi connectivity index (χ1v) is 8.77. The van der Waals surface area contributed by atoms with E-state index in [0.717, 1.165) is 12.0 Å². The summed E-state index contributed by atoms with van der Waals surface area (Å²) < 4.78 is 6.45. The standard InChI is InChI=1S/C20H19N3O4/c1-13(24)22-9-8-14-6-7-16(10-15(14)11-22)21-19(25)12-23-17-4-2-3-5-18(17)27-20(23)26/h2-7,10H,8-9,11-12H2,1H3,(H,21,25).